The molecule has 1 amide bonds. The Morgan fingerprint density at radius 1 is 1.50 bits per heavy atom. The lowest BCUT2D eigenvalue weighted by Gasteiger charge is -2.24. The topological polar surface area (TPSA) is 129 Å². The van der Waals surface area contributed by atoms with Crippen LogP contribution < -0.4 is 11.1 Å². The van der Waals surface area contributed by atoms with Gasteiger partial charge in [-0.05, 0) is 37.7 Å². The van der Waals surface area contributed by atoms with Crippen molar-refractivity contribution in [3.63, 3.8) is 0 Å². The maximum absolute atomic E-state index is 12.3. The minimum absolute atomic E-state index is 0.166. The van der Waals surface area contributed by atoms with Gasteiger partial charge in [0.25, 0.3) is 11.6 Å². The number of carbonyl (C=O) groups excluding carboxylic acids is 1. The Kier molecular flexibility index (Phi) is 5.20. The fraction of sp³-hybridized carbons (Fsp3) is 0.357. The van der Waals surface area contributed by atoms with Gasteiger partial charge in [0.2, 0.25) is 0 Å². The van der Waals surface area contributed by atoms with Gasteiger partial charge in [-0.1, -0.05) is 0 Å². The van der Waals surface area contributed by atoms with E-state index < -0.39 is 16.4 Å². The minimum atomic E-state index is -0.599. The van der Waals surface area contributed by atoms with Crippen LogP contribution in [0.5, 0.6) is 0 Å². The maximum Gasteiger partial charge on any atom is 0.284 e. The molecule has 0 aliphatic rings. The van der Waals surface area contributed by atoms with Crippen LogP contribution in [0.4, 0.5) is 5.69 Å². The Bertz CT molecular complexity index is 774. The van der Waals surface area contributed by atoms with E-state index in [1.54, 1.807) is 25.5 Å². The van der Waals surface area contributed by atoms with Crippen molar-refractivity contribution >= 4 is 23.4 Å². The number of nitrogens with zero attached hydrogens (tertiary/aromatic N) is 4. The van der Waals surface area contributed by atoms with Crippen LogP contribution in [0.15, 0.2) is 34.6 Å². The average molecular weight is 350 g/mol. The molecule has 9 nitrogen and oxygen atoms in total. The number of hydrogen-bond acceptors (Lipinski definition) is 7. The number of benzene rings is 1. The van der Waals surface area contributed by atoms with Gasteiger partial charge in [0.1, 0.15) is 6.33 Å². The molecule has 128 valence electrons. The normalized spacial score (nSPS) is 11.3. The van der Waals surface area contributed by atoms with E-state index in [0.29, 0.717) is 10.1 Å². The van der Waals surface area contributed by atoms with Gasteiger partial charge in [-0.2, -0.15) is 0 Å². The lowest BCUT2D eigenvalue weighted by Crippen LogP contribution is -2.48. The van der Waals surface area contributed by atoms with Gasteiger partial charge >= 0.3 is 0 Å². The molecule has 1 heterocycles. The zero-order valence-electron chi connectivity index (χ0n) is 13.5. The van der Waals surface area contributed by atoms with Crippen molar-refractivity contribution in [1.29, 1.82) is 0 Å². The van der Waals surface area contributed by atoms with Crippen molar-refractivity contribution in [3.8, 4) is 0 Å². The van der Waals surface area contributed by atoms with Crippen molar-refractivity contribution in [3.05, 3.63) is 40.2 Å². The fourth-order valence-corrected chi connectivity index (χ4v) is 2.63. The smallest absolute Gasteiger partial charge is 0.284 e. The molecule has 0 saturated carbocycles. The number of nitrogens with one attached hydrogen (secondary N) is 1. The van der Waals surface area contributed by atoms with E-state index in [4.69, 9.17) is 5.73 Å². The summed E-state index contributed by atoms with van der Waals surface area (Å²) in [6.07, 6.45) is 1.50. The first-order chi connectivity index (χ1) is 11.2. The zero-order chi connectivity index (χ0) is 17.9. The van der Waals surface area contributed by atoms with Crippen LogP contribution in [0.2, 0.25) is 0 Å². The summed E-state index contributed by atoms with van der Waals surface area (Å²) >= 11 is 1.11. The van der Waals surface area contributed by atoms with Crippen LogP contribution in [-0.2, 0) is 7.05 Å². The molecule has 1 aromatic carbocycles. The highest BCUT2D eigenvalue weighted by Crippen LogP contribution is 2.34. The number of nitro benzene ring substituents is 1. The number of amides is 1. The summed E-state index contributed by atoms with van der Waals surface area (Å²) in [6.45, 7) is 3.80. The summed E-state index contributed by atoms with van der Waals surface area (Å²) in [5, 5.41) is 22.2. The summed E-state index contributed by atoms with van der Waals surface area (Å²) in [5.41, 5.74) is 5.02. The van der Waals surface area contributed by atoms with E-state index in [1.807, 2.05) is 0 Å². The van der Waals surface area contributed by atoms with Crippen molar-refractivity contribution in [1.82, 2.24) is 20.1 Å². The zero-order valence-corrected chi connectivity index (χ0v) is 14.3. The second-order valence-corrected chi connectivity index (χ2v) is 6.82. The second kappa shape index (κ2) is 6.97. The SMILES string of the molecule is Cn1cnnc1Sc1ccc(C(=O)NC(C)(C)CN)cc1[N+](=O)[O-]. The first kappa shape index (κ1) is 17.9. The van der Waals surface area contributed by atoms with Gasteiger partial charge in [0, 0.05) is 30.8 Å². The Morgan fingerprint density at radius 2 is 2.21 bits per heavy atom. The predicted octanol–water partition coefficient (Wildman–Crippen LogP) is 1.34. The molecular weight excluding hydrogens is 332 g/mol. The van der Waals surface area contributed by atoms with E-state index in [0.717, 1.165) is 11.8 Å². The van der Waals surface area contributed by atoms with E-state index in [9.17, 15) is 14.9 Å². The van der Waals surface area contributed by atoms with Crippen LogP contribution in [-0.4, -0.2) is 37.7 Å². The molecule has 0 aliphatic carbocycles. The van der Waals surface area contributed by atoms with Crippen LogP contribution >= 0.6 is 11.8 Å². The minimum Gasteiger partial charge on any atom is -0.346 e. The van der Waals surface area contributed by atoms with Gasteiger partial charge < -0.3 is 15.6 Å². The molecule has 0 radical (unpaired) electrons. The summed E-state index contributed by atoms with van der Waals surface area (Å²) < 4.78 is 1.65. The number of carbonyl (C=O) groups is 1. The first-order valence-corrected chi connectivity index (χ1v) is 7.88. The highest BCUT2D eigenvalue weighted by molar-refractivity contribution is 7.99. The Balaban J connectivity index is 2.31. The third-order valence-corrected chi connectivity index (χ3v) is 4.37. The largest absolute Gasteiger partial charge is 0.346 e. The molecule has 0 unspecified atom stereocenters. The number of aryl methyl sites for hydroxylation is 1. The van der Waals surface area contributed by atoms with Crippen LogP contribution in [0, 0.1) is 10.1 Å². The van der Waals surface area contributed by atoms with Gasteiger partial charge in [0.15, 0.2) is 5.16 Å². The maximum atomic E-state index is 12.3. The molecular formula is C14H18N6O3S. The Labute approximate surface area is 142 Å². The lowest BCUT2D eigenvalue weighted by atomic mass is 10.1. The second-order valence-electron chi connectivity index (χ2n) is 5.81. The van der Waals surface area contributed by atoms with E-state index >= 15 is 0 Å². The summed E-state index contributed by atoms with van der Waals surface area (Å²) in [5.74, 6) is -0.413. The molecule has 0 saturated heterocycles. The first-order valence-electron chi connectivity index (χ1n) is 7.06. The number of rotatable bonds is 6. The van der Waals surface area contributed by atoms with Gasteiger partial charge in [0.05, 0.1) is 9.82 Å². The number of aromatic nitrogens is 3. The molecule has 1 aromatic heterocycles. The van der Waals surface area contributed by atoms with Gasteiger partial charge in [-0.25, -0.2) is 0 Å². The lowest BCUT2D eigenvalue weighted by molar-refractivity contribution is -0.387. The molecule has 0 atom stereocenters. The van der Waals surface area contributed by atoms with E-state index in [-0.39, 0.29) is 17.8 Å². The van der Waals surface area contributed by atoms with E-state index in [2.05, 4.69) is 15.5 Å². The number of nitrogens with two attached hydrogens (primary N) is 1. The summed E-state index contributed by atoms with van der Waals surface area (Å²) in [6, 6.07) is 4.32. The van der Waals surface area contributed by atoms with Crippen molar-refractivity contribution in [2.75, 3.05) is 6.54 Å². The van der Waals surface area contributed by atoms with Crippen molar-refractivity contribution < 1.29 is 9.72 Å². The van der Waals surface area contributed by atoms with Crippen molar-refractivity contribution in [2.45, 2.75) is 29.4 Å². The third-order valence-electron chi connectivity index (χ3n) is 3.25. The molecule has 2 aromatic rings. The third kappa shape index (κ3) is 4.09. The highest BCUT2D eigenvalue weighted by Gasteiger charge is 2.23. The number of hydrogen-bond donors (Lipinski definition) is 2. The van der Waals surface area contributed by atoms with Crippen LogP contribution in [0.3, 0.4) is 0 Å². The van der Waals surface area contributed by atoms with Gasteiger partial charge in [-0.15, -0.1) is 10.2 Å². The standard InChI is InChI=1S/C14H18N6O3S/c1-14(2,7-15)17-12(21)9-4-5-11(10(6-9)20(22)23)24-13-18-16-8-19(13)3/h4-6,8H,7,15H2,1-3H3,(H,17,21). The molecule has 3 N–H and O–H groups in total. The summed E-state index contributed by atoms with van der Waals surface area (Å²) in [4.78, 5) is 23.5. The van der Waals surface area contributed by atoms with Crippen LogP contribution in [0.25, 0.3) is 0 Å². The summed E-state index contributed by atoms with van der Waals surface area (Å²) in [7, 11) is 1.74. The molecule has 2 rings (SSSR count). The Morgan fingerprint density at radius 3 is 2.75 bits per heavy atom. The molecule has 10 heteroatoms. The molecule has 0 fully saturated rings. The molecule has 0 bridgehead atoms. The predicted molar refractivity (Wildman–Crippen MR) is 88.8 cm³/mol. The quantitative estimate of drug-likeness (QED) is 0.594. The van der Waals surface area contributed by atoms with E-state index in [1.165, 1.54) is 24.5 Å². The molecule has 0 aliphatic heterocycles. The van der Waals surface area contributed by atoms with Crippen molar-refractivity contribution in [2.24, 2.45) is 12.8 Å². The fourth-order valence-electron chi connectivity index (χ4n) is 1.78. The average Bonchev–Trinajstić information content (AvgIpc) is 2.92. The molecule has 24 heavy (non-hydrogen) atoms. The highest BCUT2D eigenvalue weighted by atomic mass is 32.2. The van der Waals surface area contributed by atoms with Gasteiger partial charge in [-0.3, -0.25) is 14.9 Å². The molecule has 0 spiro atoms. The Hall–Kier alpha value is -2.46. The van der Waals surface area contributed by atoms with Crippen LogP contribution in [0.1, 0.15) is 24.2 Å². The monoisotopic (exact) mass is 350 g/mol. The number of nitro groups is 1.